The molecule has 0 N–H and O–H groups in total. The molecule has 7 heteroatoms. The highest BCUT2D eigenvalue weighted by Gasteiger charge is 2.18. The zero-order chi connectivity index (χ0) is 19.4. The molecule has 2 aromatic carbocycles. The van der Waals surface area contributed by atoms with Gasteiger partial charge < -0.3 is 14.2 Å². The standard InChI is InChI=1S/C21H18N2O4S/c1-4-25-16-9-18-17(26-10-27-18)7-13(16)8-19-20(24)23-15-6-12(3)11(2)5-14(15)22-21(23)28-19/h5-9H,4,10H2,1-3H3/b19-8-. The number of imidazole rings is 1. The molecule has 0 bridgehead atoms. The number of aromatic nitrogens is 2. The number of fused-ring (bicyclic) bond motifs is 4. The lowest BCUT2D eigenvalue weighted by atomic mass is 10.1. The molecule has 142 valence electrons. The highest BCUT2D eigenvalue weighted by Crippen LogP contribution is 2.38. The van der Waals surface area contributed by atoms with E-state index in [9.17, 15) is 4.79 Å². The molecule has 0 spiro atoms. The van der Waals surface area contributed by atoms with Gasteiger partial charge in [0.2, 0.25) is 6.79 Å². The number of aryl methyl sites for hydroxylation is 2. The van der Waals surface area contributed by atoms with Gasteiger partial charge in [0.25, 0.3) is 5.56 Å². The minimum Gasteiger partial charge on any atom is -0.493 e. The van der Waals surface area contributed by atoms with E-state index in [1.165, 1.54) is 16.9 Å². The van der Waals surface area contributed by atoms with E-state index < -0.39 is 0 Å². The lowest BCUT2D eigenvalue weighted by molar-refractivity contribution is 0.174. The van der Waals surface area contributed by atoms with Gasteiger partial charge in [-0.15, -0.1) is 0 Å². The van der Waals surface area contributed by atoms with Crippen molar-refractivity contribution < 1.29 is 14.2 Å². The molecule has 5 rings (SSSR count). The maximum Gasteiger partial charge on any atom is 0.274 e. The van der Waals surface area contributed by atoms with Crippen LogP contribution in [-0.4, -0.2) is 22.8 Å². The maximum absolute atomic E-state index is 13.1. The molecule has 0 amide bonds. The Labute approximate surface area is 164 Å². The van der Waals surface area contributed by atoms with Gasteiger partial charge in [-0.25, -0.2) is 9.38 Å². The van der Waals surface area contributed by atoms with Crippen LogP contribution in [0.1, 0.15) is 23.6 Å². The fraction of sp³-hybridized carbons (Fsp3) is 0.238. The van der Waals surface area contributed by atoms with Crippen LogP contribution in [0.4, 0.5) is 0 Å². The molecule has 0 aliphatic carbocycles. The van der Waals surface area contributed by atoms with Gasteiger partial charge in [0.15, 0.2) is 16.5 Å². The predicted molar refractivity (Wildman–Crippen MR) is 109 cm³/mol. The highest BCUT2D eigenvalue weighted by molar-refractivity contribution is 7.15. The number of thiazole rings is 1. The second-order valence-electron chi connectivity index (χ2n) is 6.75. The van der Waals surface area contributed by atoms with Crippen LogP contribution in [0.25, 0.3) is 22.1 Å². The summed E-state index contributed by atoms with van der Waals surface area (Å²) in [6, 6.07) is 7.70. The Bertz CT molecular complexity index is 1350. The molecule has 0 radical (unpaired) electrons. The van der Waals surface area contributed by atoms with Gasteiger partial charge in [0.05, 0.1) is 22.2 Å². The van der Waals surface area contributed by atoms with Gasteiger partial charge in [-0.05, 0) is 56.2 Å². The van der Waals surface area contributed by atoms with Crippen molar-refractivity contribution in [1.82, 2.24) is 9.38 Å². The van der Waals surface area contributed by atoms with Crippen molar-refractivity contribution >= 4 is 33.4 Å². The summed E-state index contributed by atoms with van der Waals surface area (Å²) >= 11 is 1.37. The number of nitrogens with zero attached hydrogens (tertiary/aromatic N) is 2. The summed E-state index contributed by atoms with van der Waals surface area (Å²) in [6.45, 7) is 6.72. The van der Waals surface area contributed by atoms with Crippen LogP contribution >= 0.6 is 11.3 Å². The highest BCUT2D eigenvalue weighted by atomic mass is 32.1. The average molecular weight is 394 g/mol. The Morgan fingerprint density at radius 1 is 1.18 bits per heavy atom. The van der Waals surface area contributed by atoms with Crippen LogP contribution < -0.4 is 24.3 Å². The number of benzene rings is 2. The zero-order valence-electron chi connectivity index (χ0n) is 15.7. The van der Waals surface area contributed by atoms with Gasteiger partial charge in [-0.1, -0.05) is 11.3 Å². The van der Waals surface area contributed by atoms with E-state index >= 15 is 0 Å². The van der Waals surface area contributed by atoms with Gasteiger partial charge in [-0.2, -0.15) is 0 Å². The minimum atomic E-state index is -0.0779. The van der Waals surface area contributed by atoms with Crippen LogP contribution in [0.2, 0.25) is 0 Å². The first kappa shape index (κ1) is 17.1. The zero-order valence-corrected chi connectivity index (χ0v) is 16.6. The normalized spacial score (nSPS) is 13.8. The summed E-state index contributed by atoms with van der Waals surface area (Å²) in [6.07, 6.45) is 1.83. The molecule has 0 fully saturated rings. The number of hydrogen-bond acceptors (Lipinski definition) is 6. The fourth-order valence-corrected chi connectivity index (χ4v) is 4.37. The van der Waals surface area contributed by atoms with Crippen molar-refractivity contribution in [3.8, 4) is 17.2 Å². The summed E-state index contributed by atoms with van der Waals surface area (Å²) in [7, 11) is 0. The van der Waals surface area contributed by atoms with E-state index in [-0.39, 0.29) is 12.4 Å². The first-order valence-electron chi connectivity index (χ1n) is 9.05. The third kappa shape index (κ3) is 2.54. The Hall–Kier alpha value is -3.06. The molecule has 6 nitrogen and oxygen atoms in total. The molecular weight excluding hydrogens is 376 g/mol. The summed E-state index contributed by atoms with van der Waals surface area (Å²) in [5, 5.41) is 0. The topological polar surface area (TPSA) is 62.1 Å². The van der Waals surface area contributed by atoms with E-state index in [1.54, 1.807) is 4.40 Å². The van der Waals surface area contributed by atoms with E-state index in [4.69, 9.17) is 14.2 Å². The summed E-state index contributed by atoms with van der Waals surface area (Å²) < 4.78 is 18.9. The van der Waals surface area contributed by atoms with Crippen molar-refractivity contribution in [2.24, 2.45) is 0 Å². The number of rotatable bonds is 3. The van der Waals surface area contributed by atoms with Crippen LogP contribution in [0.15, 0.2) is 29.1 Å². The van der Waals surface area contributed by atoms with Gasteiger partial charge >= 0.3 is 0 Å². The predicted octanol–water partition coefficient (Wildman–Crippen LogP) is 3.20. The SMILES string of the molecule is CCOc1cc2c(cc1/C=c1\sc3nc4cc(C)c(C)cc4n3c1=O)OCO2. The lowest BCUT2D eigenvalue weighted by Gasteiger charge is -2.08. The third-order valence-electron chi connectivity index (χ3n) is 4.95. The molecule has 4 aromatic rings. The Balaban J connectivity index is 1.74. The molecule has 2 aromatic heterocycles. The summed E-state index contributed by atoms with van der Waals surface area (Å²) in [5.41, 5.74) is 4.69. The molecule has 1 aliphatic heterocycles. The minimum absolute atomic E-state index is 0.0779. The third-order valence-corrected chi connectivity index (χ3v) is 5.91. The van der Waals surface area contributed by atoms with Crippen LogP contribution in [0.3, 0.4) is 0 Å². The lowest BCUT2D eigenvalue weighted by Crippen LogP contribution is -2.22. The largest absolute Gasteiger partial charge is 0.493 e. The second-order valence-corrected chi connectivity index (χ2v) is 7.76. The Kier molecular flexibility index (Phi) is 3.80. The van der Waals surface area contributed by atoms with Crippen LogP contribution in [0, 0.1) is 13.8 Å². The average Bonchev–Trinajstić information content (AvgIpc) is 3.32. The van der Waals surface area contributed by atoms with Crippen molar-refractivity contribution in [2.75, 3.05) is 13.4 Å². The van der Waals surface area contributed by atoms with Gasteiger partial charge in [0, 0.05) is 11.6 Å². The van der Waals surface area contributed by atoms with E-state index in [0.29, 0.717) is 33.3 Å². The maximum atomic E-state index is 13.1. The molecule has 1 aliphatic rings. The molecular formula is C21H18N2O4S. The second kappa shape index (κ2) is 6.24. The number of ether oxygens (including phenoxy) is 3. The summed E-state index contributed by atoms with van der Waals surface area (Å²) in [4.78, 5) is 18.4. The van der Waals surface area contributed by atoms with E-state index in [0.717, 1.165) is 22.2 Å². The summed E-state index contributed by atoms with van der Waals surface area (Å²) in [5.74, 6) is 1.97. The Morgan fingerprint density at radius 3 is 2.71 bits per heavy atom. The first-order chi connectivity index (χ1) is 13.5. The molecule has 3 heterocycles. The monoisotopic (exact) mass is 394 g/mol. The molecule has 0 unspecified atom stereocenters. The number of hydrogen-bond donors (Lipinski definition) is 0. The molecule has 0 saturated carbocycles. The smallest absolute Gasteiger partial charge is 0.274 e. The van der Waals surface area contributed by atoms with E-state index in [1.807, 2.05) is 44.2 Å². The molecule has 0 atom stereocenters. The van der Waals surface area contributed by atoms with Crippen LogP contribution in [0.5, 0.6) is 17.2 Å². The van der Waals surface area contributed by atoms with Crippen molar-refractivity contribution in [3.05, 3.63) is 55.8 Å². The molecule has 28 heavy (non-hydrogen) atoms. The van der Waals surface area contributed by atoms with E-state index in [2.05, 4.69) is 11.9 Å². The van der Waals surface area contributed by atoms with Gasteiger partial charge in [0.1, 0.15) is 5.75 Å². The first-order valence-corrected chi connectivity index (χ1v) is 9.87. The van der Waals surface area contributed by atoms with Gasteiger partial charge in [-0.3, -0.25) is 4.79 Å². The van der Waals surface area contributed by atoms with Crippen molar-refractivity contribution in [1.29, 1.82) is 0 Å². The van der Waals surface area contributed by atoms with Crippen molar-refractivity contribution in [2.45, 2.75) is 20.8 Å². The fourth-order valence-electron chi connectivity index (χ4n) is 3.39. The quantitative estimate of drug-likeness (QED) is 0.534. The van der Waals surface area contributed by atoms with Crippen LogP contribution in [-0.2, 0) is 0 Å². The van der Waals surface area contributed by atoms with Crippen molar-refractivity contribution in [3.63, 3.8) is 0 Å². The Morgan fingerprint density at radius 2 is 1.93 bits per heavy atom. The molecule has 0 saturated heterocycles.